The molecule has 1 aliphatic carbocycles. The van der Waals surface area contributed by atoms with Gasteiger partial charge in [0, 0.05) is 6.04 Å². The summed E-state index contributed by atoms with van der Waals surface area (Å²) in [6, 6.07) is 2.02. The summed E-state index contributed by atoms with van der Waals surface area (Å²) in [4.78, 5) is 12.0. The molecule has 4 heteroatoms. The number of amides is 1. The van der Waals surface area contributed by atoms with Gasteiger partial charge in [0.25, 0.3) is 5.91 Å². The number of carbonyl (C=O) groups is 1. The highest BCUT2D eigenvalue weighted by atomic mass is 79.9. The quantitative estimate of drug-likeness (QED) is 0.900. The summed E-state index contributed by atoms with van der Waals surface area (Å²) in [5.74, 6) is -0.0313. The van der Waals surface area contributed by atoms with Gasteiger partial charge in [-0.1, -0.05) is 32.1 Å². The van der Waals surface area contributed by atoms with E-state index in [1.165, 1.54) is 38.4 Å². The van der Waals surface area contributed by atoms with Gasteiger partial charge in [0.05, 0.1) is 11.8 Å². The molecule has 0 spiro atoms. The average molecular weight is 300 g/mol. The van der Waals surface area contributed by atoms with E-state index in [2.05, 4.69) is 21.2 Å². The second-order valence-corrected chi connectivity index (χ2v) is 5.34. The van der Waals surface area contributed by atoms with E-state index in [4.69, 9.17) is 4.42 Å². The van der Waals surface area contributed by atoms with Gasteiger partial charge in [-0.25, -0.2) is 0 Å². The van der Waals surface area contributed by atoms with Crippen LogP contribution >= 0.6 is 15.9 Å². The Bertz CT molecular complexity index is 367. The van der Waals surface area contributed by atoms with E-state index in [9.17, 15) is 4.79 Å². The third kappa shape index (κ3) is 3.60. The predicted octanol–water partition coefficient (Wildman–Crippen LogP) is 3.88. The van der Waals surface area contributed by atoms with Crippen molar-refractivity contribution in [3.8, 4) is 0 Å². The largest absolute Gasteiger partial charge is 0.457 e. The Morgan fingerprint density at radius 1 is 1.24 bits per heavy atom. The van der Waals surface area contributed by atoms with Crippen LogP contribution in [0.15, 0.2) is 21.4 Å². The Morgan fingerprint density at radius 3 is 2.47 bits per heavy atom. The molecule has 0 bridgehead atoms. The van der Waals surface area contributed by atoms with Crippen LogP contribution in [0.25, 0.3) is 0 Å². The Kier molecular flexibility index (Phi) is 4.66. The van der Waals surface area contributed by atoms with Crippen LogP contribution in [-0.2, 0) is 0 Å². The van der Waals surface area contributed by atoms with E-state index in [0.29, 0.717) is 16.3 Å². The first-order valence-electron chi connectivity index (χ1n) is 6.31. The molecular formula is C13H18BrNO2. The smallest absolute Gasteiger partial charge is 0.255 e. The van der Waals surface area contributed by atoms with Crippen molar-refractivity contribution in [1.29, 1.82) is 0 Å². The van der Waals surface area contributed by atoms with Crippen molar-refractivity contribution in [2.75, 3.05) is 0 Å². The standard InChI is InChI=1S/C13H18BrNO2/c14-12-11(8-9-17-12)13(16)15-10-6-4-2-1-3-5-7-10/h8-10H,1-7H2,(H,15,16). The molecule has 0 aromatic carbocycles. The van der Waals surface area contributed by atoms with Gasteiger partial charge in [-0.3, -0.25) is 4.79 Å². The molecule has 0 unspecified atom stereocenters. The monoisotopic (exact) mass is 299 g/mol. The highest BCUT2D eigenvalue weighted by Crippen LogP contribution is 2.20. The maximum absolute atomic E-state index is 12.0. The van der Waals surface area contributed by atoms with Crippen molar-refractivity contribution in [3.63, 3.8) is 0 Å². The predicted molar refractivity (Wildman–Crippen MR) is 70.0 cm³/mol. The maximum Gasteiger partial charge on any atom is 0.255 e. The zero-order chi connectivity index (χ0) is 12.1. The van der Waals surface area contributed by atoms with Crippen molar-refractivity contribution >= 4 is 21.8 Å². The van der Waals surface area contributed by atoms with Gasteiger partial charge in [-0.2, -0.15) is 0 Å². The summed E-state index contributed by atoms with van der Waals surface area (Å²) in [6.45, 7) is 0. The van der Waals surface area contributed by atoms with Gasteiger partial charge in [-0.15, -0.1) is 0 Å². The first-order chi connectivity index (χ1) is 8.27. The minimum Gasteiger partial charge on any atom is -0.457 e. The summed E-state index contributed by atoms with van der Waals surface area (Å²) < 4.78 is 5.59. The summed E-state index contributed by atoms with van der Waals surface area (Å²) in [5, 5.41) is 3.10. The van der Waals surface area contributed by atoms with Gasteiger partial charge >= 0.3 is 0 Å². The summed E-state index contributed by atoms with van der Waals surface area (Å²) >= 11 is 3.23. The first kappa shape index (κ1) is 12.7. The van der Waals surface area contributed by atoms with Crippen molar-refractivity contribution in [2.24, 2.45) is 0 Å². The van der Waals surface area contributed by atoms with Crippen LogP contribution in [0.1, 0.15) is 55.3 Å². The summed E-state index contributed by atoms with van der Waals surface area (Å²) in [7, 11) is 0. The lowest BCUT2D eigenvalue weighted by Gasteiger charge is -2.20. The molecule has 1 aromatic heterocycles. The van der Waals surface area contributed by atoms with Crippen LogP contribution in [0.3, 0.4) is 0 Å². The second-order valence-electron chi connectivity index (χ2n) is 4.62. The lowest BCUT2D eigenvalue weighted by Crippen LogP contribution is -2.35. The molecule has 1 amide bonds. The van der Waals surface area contributed by atoms with E-state index in [1.54, 1.807) is 6.07 Å². The number of furan rings is 1. The molecule has 1 aliphatic rings. The van der Waals surface area contributed by atoms with Crippen molar-refractivity contribution in [1.82, 2.24) is 5.32 Å². The molecule has 94 valence electrons. The van der Waals surface area contributed by atoms with Crippen LogP contribution in [-0.4, -0.2) is 11.9 Å². The van der Waals surface area contributed by atoms with Crippen LogP contribution in [0.2, 0.25) is 0 Å². The average Bonchev–Trinajstić information content (AvgIpc) is 2.68. The van der Waals surface area contributed by atoms with Crippen LogP contribution in [0, 0.1) is 0 Å². The fourth-order valence-corrected chi connectivity index (χ4v) is 2.74. The SMILES string of the molecule is O=C(NC1CCCCCCC1)c1ccoc1Br. The Balaban J connectivity index is 1.91. The van der Waals surface area contributed by atoms with Crippen LogP contribution in [0.5, 0.6) is 0 Å². The number of hydrogen-bond donors (Lipinski definition) is 1. The van der Waals surface area contributed by atoms with Crippen molar-refractivity contribution in [2.45, 2.75) is 51.0 Å². The molecule has 0 radical (unpaired) electrons. The summed E-state index contributed by atoms with van der Waals surface area (Å²) in [5.41, 5.74) is 0.590. The normalized spacial score (nSPS) is 18.4. The number of carbonyl (C=O) groups excluding carboxylic acids is 1. The van der Waals surface area contributed by atoms with Gasteiger partial charge in [0.1, 0.15) is 0 Å². The van der Waals surface area contributed by atoms with Crippen LogP contribution in [0.4, 0.5) is 0 Å². The van der Waals surface area contributed by atoms with E-state index >= 15 is 0 Å². The van der Waals surface area contributed by atoms with Crippen molar-refractivity contribution in [3.05, 3.63) is 22.6 Å². The van der Waals surface area contributed by atoms with E-state index in [0.717, 1.165) is 12.8 Å². The molecule has 1 heterocycles. The second kappa shape index (κ2) is 6.24. The Labute approximate surface area is 110 Å². The molecular weight excluding hydrogens is 282 g/mol. The minimum absolute atomic E-state index is 0.0313. The molecule has 1 fully saturated rings. The number of rotatable bonds is 2. The molecule has 0 saturated heterocycles. The molecule has 3 nitrogen and oxygen atoms in total. The van der Waals surface area contributed by atoms with Gasteiger partial charge in [0.15, 0.2) is 4.67 Å². The summed E-state index contributed by atoms with van der Waals surface area (Å²) in [6.07, 6.45) is 10.1. The molecule has 1 saturated carbocycles. The lowest BCUT2D eigenvalue weighted by molar-refractivity contribution is 0.0928. The topological polar surface area (TPSA) is 42.2 Å². The van der Waals surface area contributed by atoms with E-state index in [1.807, 2.05) is 0 Å². The Morgan fingerprint density at radius 2 is 1.88 bits per heavy atom. The fraction of sp³-hybridized carbons (Fsp3) is 0.615. The lowest BCUT2D eigenvalue weighted by atomic mass is 9.96. The fourth-order valence-electron chi connectivity index (χ4n) is 2.32. The van der Waals surface area contributed by atoms with Gasteiger partial charge in [-0.05, 0) is 34.8 Å². The molecule has 2 rings (SSSR count). The zero-order valence-corrected chi connectivity index (χ0v) is 11.5. The minimum atomic E-state index is -0.0313. The number of nitrogens with one attached hydrogen (secondary N) is 1. The molecule has 1 N–H and O–H groups in total. The molecule has 0 atom stereocenters. The van der Waals surface area contributed by atoms with E-state index in [-0.39, 0.29) is 5.91 Å². The highest BCUT2D eigenvalue weighted by molar-refractivity contribution is 9.10. The highest BCUT2D eigenvalue weighted by Gasteiger charge is 2.17. The Hall–Kier alpha value is -0.770. The van der Waals surface area contributed by atoms with E-state index < -0.39 is 0 Å². The first-order valence-corrected chi connectivity index (χ1v) is 7.10. The molecule has 1 aromatic rings. The van der Waals surface area contributed by atoms with Gasteiger partial charge < -0.3 is 9.73 Å². The molecule has 0 aliphatic heterocycles. The third-order valence-corrected chi connectivity index (χ3v) is 3.92. The van der Waals surface area contributed by atoms with Gasteiger partial charge in [0.2, 0.25) is 0 Å². The zero-order valence-electron chi connectivity index (χ0n) is 9.88. The number of hydrogen-bond acceptors (Lipinski definition) is 2. The van der Waals surface area contributed by atoms with Crippen LogP contribution < -0.4 is 5.32 Å². The molecule has 17 heavy (non-hydrogen) atoms. The van der Waals surface area contributed by atoms with Crippen molar-refractivity contribution < 1.29 is 9.21 Å². The number of halogens is 1. The third-order valence-electron chi connectivity index (χ3n) is 3.30. The maximum atomic E-state index is 12.0.